The van der Waals surface area contributed by atoms with E-state index in [4.69, 9.17) is 11.6 Å². The maximum absolute atomic E-state index is 12.0. The Morgan fingerprint density at radius 3 is 3.00 bits per heavy atom. The van der Waals surface area contributed by atoms with E-state index in [2.05, 4.69) is 16.0 Å². The standard InChI is InChI=1S/C15H20ClN3O2S/c1-3-10-7-13(20)19-15(17-10)22-8-14(21)18-12-6-4-5-11(16)9(12)2/h4-6,10,15,17H,3,7-8H2,1-2H3,(H,18,21)(H,19,20). The van der Waals surface area contributed by atoms with Gasteiger partial charge in [0.15, 0.2) is 0 Å². The van der Waals surface area contributed by atoms with Gasteiger partial charge >= 0.3 is 0 Å². The Balaban J connectivity index is 1.85. The fourth-order valence-corrected chi connectivity index (χ4v) is 3.25. The zero-order valence-electron chi connectivity index (χ0n) is 12.6. The SMILES string of the molecule is CCC1CC(=O)NC(SCC(=O)Nc2cccc(Cl)c2C)N1. The van der Waals surface area contributed by atoms with Gasteiger partial charge in [-0.1, -0.05) is 24.6 Å². The highest BCUT2D eigenvalue weighted by Crippen LogP contribution is 2.23. The van der Waals surface area contributed by atoms with E-state index >= 15 is 0 Å². The van der Waals surface area contributed by atoms with Crippen molar-refractivity contribution >= 4 is 40.9 Å². The van der Waals surface area contributed by atoms with E-state index in [1.807, 2.05) is 19.9 Å². The van der Waals surface area contributed by atoms with E-state index < -0.39 is 0 Å². The van der Waals surface area contributed by atoms with Gasteiger partial charge in [0.05, 0.1) is 5.75 Å². The van der Waals surface area contributed by atoms with Gasteiger partial charge in [-0.05, 0) is 31.0 Å². The summed E-state index contributed by atoms with van der Waals surface area (Å²) >= 11 is 7.40. The molecule has 1 fully saturated rings. The third kappa shape index (κ3) is 4.63. The summed E-state index contributed by atoms with van der Waals surface area (Å²) in [4.78, 5) is 23.6. The molecule has 120 valence electrons. The minimum atomic E-state index is -0.225. The largest absolute Gasteiger partial charge is 0.332 e. The Labute approximate surface area is 139 Å². The number of rotatable bonds is 5. The highest BCUT2D eigenvalue weighted by atomic mass is 35.5. The van der Waals surface area contributed by atoms with Crippen LogP contribution in [0.15, 0.2) is 18.2 Å². The number of halogens is 1. The van der Waals surface area contributed by atoms with Crippen LogP contribution < -0.4 is 16.0 Å². The lowest BCUT2D eigenvalue weighted by Crippen LogP contribution is -2.54. The Morgan fingerprint density at radius 1 is 1.50 bits per heavy atom. The van der Waals surface area contributed by atoms with E-state index in [1.165, 1.54) is 11.8 Å². The number of hydrogen-bond donors (Lipinski definition) is 3. The second-order valence-electron chi connectivity index (χ2n) is 5.20. The number of anilines is 1. The molecule has 0 aromatic heterocycles. The highest BCUT2D eigenvalue weighted by Gasteiger charge is 2.25. The summed E-state index contributed by atoms with van der Waals surface area (Å²) in [5.74, 6) is 0.152. The molecular formula is C15H20ClN3O2S. The summed E-state index contributed by atoms with van der Waals surface area (Å²) in [6.45, 7) is 3.90. The first-order chi connectivity index (χ1) is 10.5. The predicted octanol–water partition coefficient (Wildman–Crippen LogP) is 2.49. The normalized spacial score (nSPS) is 21.3. The van der Waals surface area contributed by atoms with Crippen molar-refractivity contribution in [1.29, 1.82) is 0 Å². The number of thioether (sulfide) groups is 1. The van der Waals surface area contributed by atoms with Crippen molar-refractivity contribution in [2.24, 2.45) is 0 Å². The molecular weight excluding hydrogens is 322 g/mol. The first kappa shape index (κ1) is 17.1. The summed E-state index contributed by atoms with van der Waals surface area (Å²) in [6, 6.07) is 5.57. The first-order valence-corrected chi connectivity index (χ1v) is 8.64. The van der Waals surface area contributed by atoms with Crippen LogP contribution in [0.3, 0.4) is 0 Å². The van der Waals surface area contributed by atoms with Gasteiger partial charge in [-0.15, -0.1) is 11.8 Å². The molecule has 1 heterocycles. The van der Waals surface area contributed by atoms with E-state index in [0.29, 0.717) is 17.1 Å². The lowest BCUT2D eigenvalue weighted by molar-refractivity contribution is -0.123. The van der Waals surface area contributed by atoms with Gasteiger partial charge in [-0.25, -0.2) is 0 Å². The molecule has 0 saturated carbocycles. The van der Waals surface area contributed by atoms with Crippen molar-refractivity contribution in [2.75, 3.05) is 11.1 Å². The van der Waals surface area contributed by atoms with E-state index in [0.717, 1.165) is 12.0 Å². The van der Waals surface area contributed by atoms with Crippen LogP contribution >= 0.6 is 23.4 Å². The molecule has 7 heteroatoms. The van der Waals surface area contributed by atoms with Gasteiger partial charge in [0.25, 0.3) is 0 Å². The average molecular weight is 342 g/mol. The topological polar surface area (TPSA) is 70.2 Å². The predicted molar refractivity (Wildman–Crippen MR) is 91.0 cm³/mol. The van der Waals surface area contributed by atoms with Gasteiger partial charge in [-0.2, -0.15) is 0 Å². The molecule has 22 heavy (non-hydrogen) atoms. The quantitative estimate of drug-likeness (QED) is 0.769. The van der Waals surface area contributed by atoms with Crippen LogP contribution in [0.5, 0.6) is 0 Å². The number of benzene rings is 1. The van der Waals surface area contributed by atoms with E-state index in [9.17, 15) is 9.59 Å². The molecule has 2 amide bonds. The van der Waals surface area contributed by atoms with E-state index in [-0.39, 0.29) is 29.1 Å². The van der Waals surface area contributed by atoms with Crippen molar-refractivity contribution in [3.63, 3.8) is 0 Å². The van der Waals surface area contributed by atoms with Crippen molar-refractivity contribution < 1.29 is 9.59 Å². The smallest absolute Gasteiger partial charge is 0.234 e. The maximum Gasteiger partial charge on any atom is 0.234 e. The highest BCUT2D eigenvalue weighted by molar-refractivity contribution is 8.00. The summed E-state index contributed by atoms with van der Waals surface area (Å²) in [5, 5.41) is 9.60. The Hall–Kier alpha value is -1.24. The molecule has 1 aliphatic rings. The van der Waals surface area contributed by atoms with Crippen molar-refractivity contribution in [1.82, 2.24) is 10.6 Å². The third-order valence-corrected chi connectivity index (χ3v) is 4.95. The van der Waals surface area contributed by atoms with Gasteiger partial charge < -0.3 is 10.6 Å². The number of amides is 2. The number of carbonyl (C=O) groups excluding carboxylic acids is 2. The molecule has 5 nitrogen and oxygen atoms in total. The second-order valence-corrected chi connectivity index (χ2v) is 6.70. The molecule has 0 radical (unpaired) electrons. The molecule has 2 unspecified atom stereocenters. The molecule has 3 N–H and O–H groups in total. The number of carbonyl (C=O) groups is 2. The zero-order chi connectivity index (χ0) is 16.1. The molecule has 1 saturated heterocycles. The van der Waals surface area contributed by atoms with Gasteiger partial charge in [-0.3, -0.25) is 14.9 Å². The monoisotopic (exact) mass is 341 g/mol. The Morgan fingerprint density at radius 2 is 2.27 bits per heavy atom. The number of hydrogen-bond acceptors (Lipinski definition) is 4. The van der Waals surface area contributed by atoms with Crippen LogP contribution in [0.4, 0.5) is 5.69 Å². The summed E-state index contributed by atoms with van der Waals surface area (Å²) < 4.78 is 0. The van der Waals surface area contributed by atoms with Crippen LogP contribution in [0.2, 0.25) is 5.02 Å². The van der Waals surface area contributed by atoms with Crippen LogP contribution in [-0.2, 0) is 9.59 Å². The average Bonchev–Trinajstić information content (AvgIpc) is 2.49. The lowest BCUT2D eigenvalue weighted by atomic mass is 10.1. The molecule has 2 atom stereocenters. The van der Waals surface area contributed by atoms with Crippen molar-refractivity contribution in [3.8, 4) is 0 Å². The maximum atomic E-state index is 12.0. The molecule has 0 aliphatic carbocycles. The second kappa shape index (κ2) is 7.85. The number of nitrogens with one attached hydrogen (secondary N) is 3. The summed E-state index contributed by atoms with van der Waals surface area (Å²) in [5.41, 5.74) is 1.33. The minimum absolute atomic E-state index is 0.0224. The van der Waals surface area contributed by atoms with Crippen molar-refractivity contribution in [2.45, 2.75) is 38.2 Å². The van der Waals surface area contributed by atoms with Crippen LogP contribution in [0.25, 0.3) is 0 Å². The zero-order valence-corrected chi connectivity index (χ0v) is 14.2. The van der Waals surface area contributed by atoms with Crippen LogP contribution in [-0.4, -0.2) is 29.1 Å². The molecule has 0 bridgehead atoms. The minimum Gasteiger partial charge on any atom is -0.332 e. The Bertz CT molecular complexity index is 568. The van der Waals surface area contributed by atoms with Crippen LogP contribution in [0, 0.1) is 6.92 Å². The molecule has 2 rings (SSSR count). The van der Waals surface area contributed by atoms with Crippen LogP contribution in [0.1, 0.15) is 25.3 Å². The summed E-state index contributed by atoms with van der Waals surface area (Å²) in [7, 11) is 0. The lowest BCUT2D eigenvalue weighted by Gasteiger charge is -2.30. The fourth-order valence-electron chi connectivity index (χ4n) is 2.18. The first-order valence-electron chi connectivity index (χ1n) is 7.21. The van der Waals surface area contributed by atoms with Gasteiger partial charge in [0.1, 0.15) is 5.50 Å². The Kier molecular flexibility index (Phi) is 6.11. The summed E-state index contributed by atoms with van der Waals surface area (Å²) in [6.07, 6.45) is 1.37. The third-order valence-electron chi connectivity index (χ3n) is 3.53. The molecule has 1 aromatic rings. The molecule has 1 aliphatic heterocycles. The molecule has 0 spiro atoms. The van der Waals surface area contributed by atoms with Crippen molar-refractivity contribution in [3.05, 3.63) is 28.8 Å². The van der Waals surface area contributed by atoms with Gasteiger partial charge in [0, 0.05) is 23.2 Å². The van der Waals surface area contributed by atoms with Gasteiger partial charge in [0.2, 0.25) is 11.8 Å². The fraction of sp³-hybridized carbons (Fsp3) is 0.467. The van der Waals surface area contributed by atoms with E-state index in [1.54, 1.807) is 12.1 Å². The molecule has 1 aromatic carbocycles.